The van der Waals surface area contributed by atoms with Gasteiger partial charge in [-0.25, -0.2) is 29.7 Å². The number of aryl methyl sites for hydroxylation is 1. The van der Waals surface area contributed by atoms with Crippen LogP contribution in [0.4, 0.5) is 18.0 Å². The second kappa shape index (κ2) is 13.9. The molecule has 1 saturated heterocycles. The van der Waals surface area contributed by atoms with Gasteiger partial charge < -0.3 is 18.9 Å². The Balaban J connectivity index is 1.24. The molecule has 13 nitrogen and oxygen atoms in total. The Kier molecular flexibility index (Phi) is 9.42. The maximum absolute atomic E-state index is 14.4. The molecular formula is C37H40F3N9O4. The van der Waals surface area contributed by atoms with Crippen LogP contribution in [0.3, 0.4) is 0 Å². The fourth-order valence-electron chi connectivity index (χ4n) is 6.48. The van der Waals surface area contributed by atoms with Gasteiger partial charge >= 0.3 is 12.3 Å². The number of hydrogen-bond donors (Lipinski definition) is 0. The highest BCUT2D eigenvalue weighted by molar-refractivity contribution is 5.78. The minimum Gasteiger partial charge on any atom is -0.480 e. The molecule has 1 aromatic carbocycles. The van der Waals surface area contributed by atoms with E-state index in [0.717, 1.165) is 30.3 Å². The lowest BCUT2D eigenvalue weighted by molar-refractivity contribution is -0.140. The average molecular weight is 732 g/mol. The third kappa shape index (κ3) is 7.72. The number of methoxy groups -OCH3 is 1. The van der Waals surface area contributed by atoms with E-state index in [9.17, 15) is 22.8 Å². The zero-order chi connectivity index (χ0) is 37.7. The summed E-state index contributed by atoms with van der Waals surface area (Å²) in [5, 5.41) is 0.642. The quantitative estimate of drug-likeness (QED) is 0.197. The van der Waals surface area contributed by atoms with Gasteiger partial charge in [-0.15, -0.1) is 0 Å². The summed E-state index contributed by atoms with van der Waals surface area (Å²) in [6.45, 7) is 7.97. The van der Waals surface area contributed by atoms with E-state index < -0.39 is 17.5 Å². The fraction of sp³-hybridized carbons (Fsp3) is 0.432. The largest absolute Gasteiger partial charge is 0.480 e. The van der Waals surface area contributed by atoms with E-state index >= 15 is 0 Å². The lowest BCUT2D eigenvalue weighted by atomic mass is 10.1. The number of pyridine rings is 1. The van der Waals surface area contributed by atoms with E-state index in [1.54, 1.807) is 46.0 Å². The molecule has 16 heteroatoms. The van der Waals surface area contributed by atoms with Gasteiger partial charge in [-0.3, -0.25) is 14.3 Å². The molecular weight excluding hydrogens is 691 g/mol. The summed E-state index contributed by atoms with van der Waals surface area (Å²) in [5.74, 6) is 1.09. The van der Waals surface area contributed by atoms with Gasteiger partial charge in [0.05, 0.1) is 19.3 Å². The first-order valence-corrected chi connectivity index (χ1v) is 17.4. The Morgan fingerprint density at radius 1 is 0.962 bits per heavy atom. The number of carbonyl (C=O) groups is 1. The van der Waals surface area contributed by atoms with Crippen molar-refractivity contribution in [2.24, 2.45) is 7.05 Å². The van der Waals surface area contributed by atoms with Crippen LogP contribution in [0.15, 0.2) is 53.8 Å². The molecule has 0 atom stereocenters. The number of imidazole rings is 1. The highest BCUT2D eigenvalue weighted by Gasteiger charge is 2.35. The van der Waals surface area contributed by atoms with Gasteiger partial charge in [0.2, 0.25) is 5.88 Å². The van der Waals surface area contributed by atoms with Gasteiger partial charge in [0, 0.05) is 74.6 Å². The Morgan fingerprint density at radius 2 is 1.68 bits per heavy atom. The van der Waals surface area contributed by atoms with Gasteiger partial charge in [-0.2, -0.15) is 13.2 Å². The van der Waals surface area contributed by atoms with E-state index in [1.165, 1.54) is 25.1 Å². The molecule has 5 aromatic rings. The fourth-order valence-corrected chi connectivity index (χ4v) is 6.48. The van der Waals surface area contributed by atoms with Crippen molar-refractivity contribution in [3.05, 3.63) is 81.9 Å². The smallest absolute Gasteiger partial charge is 0.434 e. The van der Waals surface area contributed by atoms with Crippen LogP contribution in [-0.2, 0) is 31.1 Å². The first kappa shape index (κ1) is 36.0. The minimum atomic E-state index is -4.56. The van der Waals surface area contributed by atoms with E-state index in [0.29, 0.717) is 72.2 Å². The standard InChI is InChI=1S/C37H40F3N9O4/c1-36(2,3)53-35(51)48-14-12-47(13-15-48)19-26-16-25-17-41-30(28-29(23-10-11-23)42-21-43-33(28)52-5)45-32(25)49(34(26)50)18-22-6-8-24(9-7-22)31-44-27(20-46(31)4)37(38,39)40/h6-9,16-17,20-21,23H,10-15,18-19H2,1-5H3. The van der Waals surface area contributed by atoms with Crippen molar-refractivity contribution in [2.75, 3.05) is 33.3 Å². The number of carbonyl (C=O) groups excluding carboxylic acids is 1. The van der Waals surface area contributed by atoms with E-state index in [2.05, 4.69) is 19.9 Å². The topological polar surface area (TPSA) is 133 Å². The van der Waals surface area contributed by atoms with Crippen molar-refractivity contribution in [1.82, 2.24) is 43.9 Å². The Bertz CT molecular complexity index is 2220. The van der Waals surface area contributed by atoms with Crippen molar-refractivity contribution in [3.8, 4) is 28.7 Å². The molecule has 0 radical (unpaired) electrons. The zero-order valence-electron chi connectivity index (χ0n) is 30.1. The maximum atomic E-state index is 14.4. The molecule has 1 aliphatic heterocycles. The van der Waals surface area contributed by atoms with Crippen LogP contribution in [0, 0.1) is 0 Å². The predicted octanol–water partition coefficient (Wildman–Crippen LogP) is 5.65. The number of rotatable bonds is 8. The van der Waals surface area contributed by atoms with Crippen molar-refractivity contribution < 1.29 is 27.4 Å². The monoisotopic (exact) mass is 731 g/mol. The summed E-state index contributed by atoms with van der Waals surface area (Å²) >= 11 is 0. The molecule has 2 aliphatic rings. The van der Waals surface area contributed by atoms with Gasteiger partial charge in [0.25, 0.3) is 5.56 Å². The van der Waals surface area contributed by atoms with Crippen LogP contribution in [0.1, 0.15) is 62.0 Å². The molecule has 4 aromatic heterocycles. The molecule has 2 fully saturated rings. The van der Waals surface area contributed by atoms with Crippen LogP contribution in [-0.4, -0.2) is 88.8 Å². The summed E-state index contributed by atoms with van der Waals surface area (Å²) in [4.78, 5) is 53.1. The number of amides is 1. The number of benzene rings is 1. The Morgan fingerprint density at radius 3 is 2.30 bits per heavy atom. The Labute approximate surface area is 303 Å². The zero-order valence-corrected chi connectivity index (χ0v) is 30.1. The van der Waals surface area contributed by atoms with Gasteiger partial charge in [0.1, 0.15) is 29.0 Å². The van der Waals surface area contributed by atoms with Crippen molar-refractivity contribution >= 4 is 17.1 Å². The van der Waals surface area contributed by atoms with E-state index in [-0.39, 0.29) is 29.9 Å². The van der Waals surface area contributed by atoms with E-state index in [4.69, 9.17) is 19.4 Å². The van der Waals surface area contributed by atoms with Gasteiger partial charge in [-0.05, 0) is 45.2 Å². The number of hydrogen-bond acceptors (Lipinski definition) is 10. The number of nitrogens with zero attached hydrogens (tertiary/aromatic N) is 9. The molecule has 0 unspecified atom stereocenters. The van der Waals surface area contributed by atoms with Crippen molar-refractivity contribution in [1.29, 1.82) is 0 Å². The number of alkyl halides is 3. The van der Waals surface area contributed by atoms with Crippen LogP contribution in [0.2, 0.25) is 0 Å². The molecule has 0 spiro atoms. The molecule has 0 N–H and O–H groups in total. The lowest BCUT2D eigenvalue weighted by Gasteiger charge is -2.35. The van der Waals surface area contributed by atoms with Crippen LogP contribution in [0.5, 0.6) is 5.88 Å². The lowest BCUT2D eigenvalue weighted by Crippen LogP contribution is -2.50. The number of aromatic nitrogens is 7. The molecule has 1 aliphatic carbocycles. The van der Waals surface area contributed by atoms with Gasteiger partial charge in [-0.1, -0.05) is 24.3 Å². The molecule has 1 amide bonds. The Hall–Kier alpha value is -5.38. The molecule has 0 bridgehead atoms. The molecule has 1 saturated carbocycles. The molecule has 278 valence electrons. The van der Waals surface area contributed by atoms with Crippen LogP contribution >= 0.6 is 0 Å². The first-order valence-electron chi connectivity index (χ1n) is 17.4. The summed E-state index contributed by atoms with van der Waals surface area (Å²) in [6.07, 6.45) is 1.13. The van der Waals surface area contributed by atoms with E-state index in [1.807, 2.05) is 20.8 Å². The number of halogens is 3. The molecule has 5 heterocycles. The summed E-state index contributed by atoms with van der Waals surface area (Å²) in [5.41, 5.74) is 1.71. The summed E-state index contributed by atoms with van der Waals surface area (Å²) in [6, 6.07) is 8.71. The normalized spacial score (nSPS) is 15.6. The third-order valence-electron chi connectivity index (χ3n) is 9.26. The number of ether oxygens (including phenoxy) is 2. The first-order chi connectivity index (χ1) is 25.2. The van der Waals surface area contributed by atoms with Crippen LogP contribution in [0.25, 0.3) is 33.8 Å². The second-order valence-electron chi connectivity index (χ2n) is 14.4. The molecule has 53 heavy (non-hydrogen) atoms. The highest BCUT2D eigenvalue weighted by atomic mass is 19.4. The number of piperazine rings is 1. The summed E-state index contributed by atoms with van der Waals surface area (Å²) in [7, 11) is 3.04. The number of fused-ring (bicyclic) bond motifs is 1. The van der Waals surface area contributed by atoms with Crippen molar-refractivity contribution in [2.45, 2.75) is 64.4 Å². The predicted molar refractivity (Wildman–Crippen MR) is 189 cm³/mol. The minimum absolute atomic E-state index is 0.124. The second-order valence-corrected chi connectivity index (χ2v) is 14.4. The maximum Gasteiger partial charge on any atom is 0.434 e. The third-order valence-corrected chi connectivity index (χ3v) is 9.26. The molecule has 7 rings (SSSR count). The SMILES string of the molecule is COc1ncnc(C2CC2)c1-c1ncc2cc(CN3CCN(C(=O)OC(C)(C)C)CC3)c(=O)n(Cc3ccc(-c4nc(C(F)(F)F)cn4C)cc3)c2n1. The van der Waals surface area contributed by atoms with Crippen LogP contribution < -0.4 is 10.3 Å². The summed E-state index contributed by atoms with van der Waals surface area (Å²) < 4.78 is 54.1. The van der Waals surface area contributed by atoms with Crippen molar-refractivity contribution in [3.63, 3.8) is 0 Å². The average Bonchev–Trinajstić information content (AvgIpc) is 3.89. The highest BCUT2D eigenvalue weighted by Crippen LogP contribution is 2.45. The van der Waals surface area contributed by atoms with Gasteiger partial charge in [0.15, 0.2) is 11.5 Å².